The molecule has 16 heavy (non-hydrogen) atoms. The van der Waals surface area contributed by atoms with Crippen molar-refractivity contribution >= 4 is 23.2 Å². The van der Waals surface area contributed by atoms with Gasteiger partial charge in [0.05, 0.1) is 4.92 Å². The van der Waals surface area contributed by atoms with Crippen LogP contribution in [0.3, 0.4) is 0 Å². The molecule has 8 heteroatoms. The summed E-state index contributed by atoms with van der Waals surface area (Å²) in [5, 5.41) is 19.3. The van der Waals surface area contributed by atoms with Crippen LogP contribution in [0.1, 0.15) is 6.92 Å². The van der Waals surface area contributed by atoms with Crippen molar-refractivity contribution in [1.82, 2.24) is 16.0 Å². The highest BCUT2D eigenvalue weighted by Gasteiger charge is 2.27. The zero-order valence-corrected chi connectivity index (χ0v) is 10.2. The molecule has 0 aromatic carbocycles. The topological polar surface area (TPSA) is 79.2 Å². The van der Waals surface area contributed by atoms with E-state index in [0.717, 1.165) is 0 Å². The SMILES string of the molecule is CCN/C(Cl)=C(/Cl)C(=C1NCCN1)[N+](=O)[O-]. The van der Waals surface area contributed by atoms with Crippen molar-refractivity contribution < 1.29 is 4.92 Å². The number of hydrogen-bond donors (Lipinski definition) is 3. The highest BCUT2D eigenvalue weighted by Crippen LogP contribution is 2.23. The van der Waals surface area contributed by atoms with Crippen molar-refractivity contribution in [3.05, 3.63) is 31.8 Å². The summed E-state index contributed by atoms with van der Waals surface area (Å²) in [4.78, 5) is 10.3. The van der Waals surface area contributed by atoms with E-state index < -0.39 is 4.92 Å². The molecule has 1 fully saturated rings. The smallest absolute Gasteiger partial charge is 0.330 e. The minimum absolute atomic E-state index is 0.0684. The number of rotatable bonds is 4. The van der Waals surface area contributed by atoms with Crippen molar-refractivity contribution in [1.29, 1.82) is 0 Å². The first-order chi connectivity index (χ1) is 7.57. The second-order valence-corrected chi connectivity index (χ2v) is 3.75. The fraction of sp³-hybridized carbons (Fsp3) is 0.500. The fourth-order valence-electron chi connectivity index (χ4n) is 1.22. The van der Waals surface area contributed by atoms with Crippen molar-refractivity contribution in [2.45, 2.75) is 6.92 Å². The monoisotopic (exact) mass is 266 g/mol. The van der Waals surface area contributed by atoms with Crippen LogP contribution in [0, 0.1) is 10.1 Å². The van der Waals surface area contributed by atoms with E-state index in [1.54, 1.807) is 0 Å². The molecule has 1 saturated heterocycles. The van der Waals surface area contributed by atoms with Gasteiger partial charge in [-0.3, -0.25) is 10.1 Å². The van der Waals surface area contributed by atoms with E-state index in [4.69, 9.17) is 23.2 Å². The lowest BCUT2D eigenvalue weighted by Gasteiger charge is -2.06. The lowest BCUT2D eigenvalue weighted by atomic mass is 10.4. The summed E-state index contributed by atoms with van der Waals surface area (Å²) >= 11 is 11.6. The van der Waals surface area contributed by atoms with E-state index >= 15 is 0 Å². The van der Waals surface area contributed by atoms with Crippen LogP contribution in [0.25, 0.3) is 0 Å². The van der Waals surface area contributed by atoms with E-state index in [-0.39, 0.29) is 15.9 Å². The second kappa shape index (κ2) is 5.81. The van der Waals surface area contributed by atoms with Crippen LogP contribution >= 0.6 is 23.2 Å². The van der Waals surface area contributed by atoms with Crippen LogP contribution in [0.4, 0.5) is 0 Å². The molecule has 1 aliphatic rings. The van der Waals surface area contributed by atoms with Gasteiger partial charge in [-0.25, -0.2) is 0 Å². The number of nitrogens with zero attached hydrogens (tertiary/aromatic N) is 1. The van der Waals surface area contributed by atoms with Gasteiger partial charge in [-0.15, -0.1) is 0 Å². The molecule has 0 saturated carbocycles. The van der Waals surface area contributed by atoms with Crippen LogP contribution in [-0.4, -0.2) is 24.6 Å². The first-order valence-electron chi connectivity index (χ1n) is 4.73. The van der Waals surface area contributed by atoms with E-state index in [1.165, 1.54) is 0 Å². The van der Waals surface area contributed by atoms with E-state index in [9.17, 15) is 10.1 Å². The van der Waals surface area contributed by atoms with Crippen molar-refractivity contribution in [3.8, 4) is 0 Å². The molecule has 0 aromatic rings. The summed E-state index contributed by atoms with van der Waals surface area (Å²) in [5.74, 6) is 0.297. The Morgan fingerprint density at radius 1 is 1.50 bits per heavy atom. The Hall–Kier alpha value is -1.14. The predicted molar refractivity (Wildman–Crippen MR) is 62.4 cm³/mol. The van der Waals surface area contributed by atoms with Crippen molar-refractivity contribution in [3.63, 3.8) is 0 Å². The van der Waals surface area contributed by atoms with Crippen LogP contribution in [0.5, 0.6) is 0 Å². The standard InChI is InChI=1S/C8H12Cl2N4O2/c1-2-11-7(10)5(9)6(14(15)16)8-12-3-4-13-8/h11-13H,2-4H2,1H3/b7-5+. The van der Waals surface area contributed by atoms with Gasteiger partial charge in [0.1, 0.15) is 5.16 Å². The Morgan fingerprint density at radius 2 is 2.06 bits per heavy atom. The van der Waals surface area contributed by atoms with Gasteiger partial charge in [0, 0.05) is 19.6 Å². The minimum Gasteiger partial charge on any atom is -0.375 e. The molecule has 0 amide bonds. The van der Waals surface area contributed by atoms with E-state index in [0.29, 0.717) is 25.5 Å². The third-order valence-corrected chi connectivity index (χ3v) is 2.67. The van der Waals surface area contributed by atoms with Gasteiger partial charge in [0.2, 0.25) is 0 Å². The molecule has 0 aromatic heterocycles. The summed E-state index contributed by atoms with van der Waals surface area (Å²) in [6.07, 6.45) is 0. The van der Waals surface area contributed by atoms with Gasteiger partial charge >= 0.3 is 5.70 Å². The maximum absolute atomic E-state index is 10.9. The Bertz CT molecular complexity index is 346. The van der Waals surface area contributed by atoms with Crippen molar-refractivity contribution in [2.75, 3.05) is 19.6 Å². The molecule has 90 valence electrons. The molecule has 0 atom stereocenters. The Labute approximate surface area is 103 Å². The summed E-state index contributed by atoms with van der Waals surface area (Å²) in [6.45, 7) is 3.60. The normalized spacial score (nSPS) is 16.1. The van der Waals surface area contributed by atoms with Crippen LogP contribution < -0.4 is 16.0 Å². The molecule has 0 bridgehead atoms. The molecule has 0 aliphatic carbocycles. The molecule has 6 nitrogen and oxygen atoms in total. The van der Waals surface area contributed by atoms with Gasteiger partial charge in [0.25, 0.3) is 0 Å². The molecule has 0 spiro atoms. The third kappa shape index (κ3) is 2.93. The number of hydrogen-bond acceptors (Lipinski definition) is 5. The quantitative estimate of drug-likeness (QED) is 0.400. The summed E-state index contributed by atoms with van der Waals surface area (Å²) in [7, 11) is 0. The number of nitrogens with one attached hydrogen (secondary N) is 3. The largest absolute Gasteiger partial charge is 0.375 e. The Kier molecular flexibility index (Phi) is 4.70. The average molecular weight is 267 g/mol. The highest BCUT2D eigenvalue weighted by atomic mass is 35.5. The molecule has 3 N–H and O–H groups in total. The molecule has 0 unspecified atom stereocenters. The average Bonchev–Trinajstić information content (AvgIpc) is 2.71. The summed E-state index contributed by atoms with van der Waals surface area (Å²) in [5.41, 5.74) is -0.245. The van der Waals surface area contributed by atoms with Gasteiger partial charge in [0.15, 0.2) is 10.9 Å². The zero-order chi connectivity index (χ0) is 12.1. The maximum atomic E-state index is 10.9. The Balaban J connectivity index is 3.08. The molecule has 1 heterocycles. The molecule has 0 radical (unpaired) electrons. The molecular formula is C8H12Cl2N4O2. The summed E-state index contributed by atoms with van der Waals surface area (Å²) in [6, 6.07) is 0. The second-order valence-electron chi connectivity index (χ2n) is 2.99. The lowest BCUT2D eigenvalue weighted by molar-refractivity contribution is -0.421. The van der Waals surface area contributed by atoms with Gasteiger partial charge in [-0.1, -0.05) is 23.2 Å². The first kappa shape index (κ1) is 12.9. The van der Waals surface area contributed by atoms with Crippen LogP contribution in [0.2, 0.25) is 0 Å². The van der Waals surface area contributed by atoms with Gasteiger partial charge < -0.3 is 16.0 Å². The van der Waals surface area contributed by atoms with Crippen molar-refractivity contribution in [2.24, 2.45) is 0 Å². The zero-order valence-electron chi connectivity index (χ0n) is 8.64. The van der Waals surface area contributed by atoms with Gasteiger partial charge in [-0.2, -0.15) is 0 Å². The first-order valence-corrected chi connectivity index (χ1v) is 5.49. The molecule has 1 aliphatic heterocycles. The number of nitro groups is 1. The Morgan fingerprint density at radius 3 is 2.50 bits per heavy atom. The molecular weight excluding hydrogens is 255 g/mol. The lowest BCUT2D eigenvalue weighted by Crippen LogP contribution is -2.20. The highest BCUT2D eigenvalue weighted by molar-refractivity contribution is 6.40. The predicted octanol–water partition coefficient (Wildman–Crippen LogP) is 0.881. The van der Waals surface area contributed by atoms with E-state index in [2.05, 4.69) is 16.0 Å². The minimum atomic E-state index is -0.567. The fourth-order valence-corrected chi connectivity index (χ4v) is 1.68. The van der Waals surface area contributed by atoms with Crippen LogP contribution in [-0.2, 0) is 0 Å². The van der Waals surface area contributed by atoms with E-state index in [1.807, 2.05) is 6.92 Å². The molecule has 1 rings (SSSR count). The van der Waals surface area contributed by atoms with Crippen LogP contribution in [0.15, 0.2) is 21.7 Å². The summed E-state index contributed by atoms with van der Waals surface area (Å²) < 4.78 is 0. The third-order valence-electron chi connectivity index (χ3n) is 1.88. The van der Waals surface area contributed by atoms with Gasteiger partial charge in [-0.05, 0) is 6.92 Å². The maximum Gasteiger partial charge on any atom is 0.330 e. The number of halogens is 2. The number of allylic oxidation sites excluding steroid dienone is 1.